The van der Waals surface area contributed by atoms with E-state index < -0.39 is 0 Å². The molecule has 0 aliphatic carbocycles. The summed E-state index contributed by atoms with van der Waals surface area (Å²) in [5, 5.41) is 3.24. The zero-order valence-electron chi connectivity index (χ0n) is 11.6. The second kappa shape index (κ2) is 5.92. The third-order valence-corrected chi connectivity index (χ3v) is 3.31. The molecular formula is C15H16ClN3O. The third-order valence-electron chi connectivity index (χ3n) is 2.92. The Morgan fingerprint density at radius 1 is 1.25 bits per heavy atom. The lowest BCUT2D eigenvalue weighted by Gasteiger charge is -2.12. The Balaban J connectivity index is 2.13. The van der Waals surface area contributed by atoms with Crippen molar-refractivity contribution in [2.75, 3.05) is 24.3 Å². The topological polar surface area (TPSA) is 45.2 Å². The van der Waals surface area contributed by atoms with E-state index in [-0.39, 0.29) is 5.91 Å². The normalized spacial score (nSPS) is 10.2. The van der Waals surface area contributed by atoms with Crippen molar-refractivity contribution in [3.8, 4) is 0 Å². The van der Waals surface area contributed by atoms with Crippen molar-refractivity contribution in [2.45, 2.75) is 6.92 Å². The van der Waals surface area contributed by atoms with Crippen LogP contribution in [0.4, 0.5) is 11.4 Å². The van der Waals surface area contributed by atoms with Crippen LogP contribution in [-0.4, -0.2) is 25.0 Å². The lowest BCUT2D eigenvalue weighted by molar-refractivity contribution is 0.102. The van der Waals surface area contributed by atoms with E-state index in [2.05, 4.69) is 10.3 Å². The third kappa shape index (κ3) is 3.27. The van der Waals surface area contributed by atoms with Crippen LogP contribution in [0.25, 0.3) is 0 Å². The second-order valence-corrected chi connectivity index (χ2v) is 5.09. The monoisotopic (exact) mass is 289 g/mol. The molecule has 1 amide bonds. The van der Waals surface area contributed by atoms with Crippen LogP contribution in [0.1, 0.15) is 15.9 Å². The van der Waals surface area contributed by atoms with Crippen molar-refractivity contribution in [2.24, 2.45) is 0 Å². The Morgan fingerprint density at radius 2 is 1.90 bits per heavy atom. The van der Waals surface area contributed by atoms with Gasteiger partial charge in [-0.25, -0.2) is 4.98 Å². The number of aryl methyl sites for hydroxylation is 1. The molecule has 0 spiro atoms. The summed E-state index contributed by atoms with van der Waals surface area (Å²) in [5.41, 5.74) is 3.11. The average molecular weight is 290 g/mol. The van der Waals surface area contributed by atoms with Gasteiger partial charge >= 0.3 is 0 Å². The Hall–Kier alpha value is -2.07. The number of halogens is 1. The Labute approximate surface area is 123 Å². The summed E-state index contributed by atoms with van der Waals surface area (Å²) in [7, 11) is 3.91. The van der Waals surface area contributed by atoms with Crippen LogP contribution < -0.4 is 10.2 Å². The number of nitrogens with zero attached hydrogens (tertiary/aromatic N) is 2. The molecule has 2 aromatic rings. The number of rotatable bonds is 3. The Morgan fingerprint density at radius 3 is 2.45 bits per heavy atom. The summed E-state index contributed by atoms with van der Waals surface area (Å²) in [6.07, 6.45) is 1.54. The molecule has 0 bridgehead atoms. The molecule has 5 heteroatoms. The summed E-state index contributed by atoms with van der Waals surface area (Å²) in [6, 6.07) is 9.18. The fourth-order valence-electron chi connectivity index (χ4n) is 1.74. The van der Waals surface area contributed by atoms with Crippen LogP contribution in [-0.2, 0) is 0 Å². The molecule has 0 radical (unpaired) electrons. The molecule has 20 heavy (non-hydrogen) atoms. The molecular weight excluding hydrogens is 274 g/mol. The van der Waals surface area contributed by atoms with Gasteiger partial charge in [-0.1, -0.05) is 11.6 Å². The van der Waals surface area contributed by atoms with E-state index in [1.54, 1.807) is 24.4 Å². The van der Waals surface area contributed by atoms with Gasteiger partial charge in [-0.2, -0.15) is 0 Å². The summed E-state index contributed by atoms with van der Waals surface area (Å²) in [6.45, 7) is 1.84. The first kappa shape index (κ1) is 14.3. The van der Waals surface area contributed by atoms with Crippen LogP contribution in [0.5, 0.6) is 0 Å². The SMILES string of the molecule is Cc1cc(NC(=O)c2ccc(N(C)C)cc2)cnc1Cl. The van der Waals surface area contributed by atoms with Crippen LogP contribution in [0, 0.1) is 6.92 Å². The first-order chi connectivity index (χ1) is 9.47. The fraction of sp³-hybridized carbons (Fsp3) is 0.200. The molecule has 0 aliphatic rings. The first-order valence-corrected chi connectivity index (χ1v) is 6.56. The van der Waals surface area contributed by atoms with Gasteiger partial charge in [-0.15, -0.1) is 0 Å². The van der Waals surface area contributed by atoms with E-state index in [0.29, 0.717) is 16.4 Å². The number of hydrogen-bond donors (Lipinski definition) is 1. The molecule has 0 aliphatic heterocycles. The van der Waals surface area contributed by atoms with Crippen molar-refractivity contribution in [1.82, 2.24) is 4.98 Å². The maximum Gasteiger partial charge on any atom is 0.255 e. The number of aromatic nitrogens is 1. The largest absolute Gasteiger partial charge is 0.378 e. The minimum Gasteiger partial charge on any atom is -0.378 e. The summed E-state index contributed by atoms with van der Waals surface area (Å²) < 4.78 is 0. The number of pyridine rings is 1. The van der Waals surface area contributed by atoms with Crippen molar-refractivity contribution in [3.63, 3.8) is 0 Å². The molecule has 104 valence electrons. The number of hydrogen-bond acceptors (Lipinski definition) is 3. The smallest absolute Gasteiger partial charge is 0.255 e. The minimum atomic E-state index is -0.168. The second-order valence-electron chi connectivity index (χ2n) is 4.73. The average Bonchev–Trinajstić information content (AvgIpc) is 2.43. The molecule has 4 nitrogen and oxygen atoms in total. The molecule has 0 saturated carbocycles. The molecule has 1 aromatic carbocycles. The maximum absolute atomic E-state index is 12.1. The number of carbonyl (C=O) groups is 1. The van der Waals surface area contributed by atoms with Gasteiger partial charge in [0.2, 0.25) is 0 Å². The van der Waals surface area contributed by atoms with E-state index in [1.165, 1.54) is 0 Å². The highest BCUT2D eigenvalue weighted by atomic mass is 35.5. The number of benzene rings is 1. The summed E-state index contributed by atoms with van der Waals surface area (Å²) in [4.78, 5) is 18.1. The van der Waals surface area contributed by atoms with Crippen LogP contribution in [0.2, 0.25) is 5.15 Å². The van der Waals surface area contributed by atoms with Crippen molar-refractivity contribution >= 4 is 28.9 Å². The standard InChI is InChI=1S/C15H16ClN3O/c1-10-8-12(9-17-14(10)16)18-15(20)11-4-6-13(7-5-11)19(2)3/h4-9H,1-3H3,(H,18,20). The van der Waals surface area contributed by atoms with Gasteiger partial charge in [0.25, 0.3) is 5.91 Å². The number of anilines is 2. The van der Waals surface area contributed by atoms with Gasteiger partial charge in [-0.05, 0) is 42.8 Å². The number of nitrogens with one attached hydrogen (secondary N) is 1. The van der Waals surface area contributed by atoms with Gasteiger partial charge < -0.3 is 10.2 Å². The van der Waals surface area contributed by atoms with E-state index in [1.807, 2.05) is 38.1 Å². The molecule has 0 fully saturated rings. The zero-order valence-corrected chi connectivity index (χ0v) is 12.4. The van der Waals surface area contributed by atoms with Gasteiger partial charge in [-0.3, -0.25) is 4.79 Å². The Bertz CT molecular complexity index is 624. The van der Waals surface area contributed by atoms with Crippen molar-refractivity contribution in [1.29, 1.82) is 0 Å². The quantitative estimate of drug-likeness (QED) is 0.881. The van der Waals surface area contributed by atoms with Gasteiger partial charge in [0, 0.05) is 25.3 Å². The van der Waals surface area contributed by atoms with Crippen LogP contribution >= 0.6 is 11.6 Å². The Kier molecular flexibility index (Phi) is 4.25. The lowest BCUT2D eigenvalue weighted by atomic mass is 10.2. The molecule has 2 rings (SSSR count). The summed E-state index contributed by atoms with van der Waals surface area (Å²) >= 11 is 5.85. The number of carbonyl (C=O) groups excluding carboxylic acids is 1. The zero-order chi connectivity index (χ0) is 14.7. The molecule has 1 heterocycles. The highest BCUT2D eigenvalue weighted by molar-refractivity contribution is 6.30. The van der Waals surface area contributed by atoms with Crippen LogP contribution in [0.3, 0.4) is 0 Å². The van der Waals surface area contributed by atoms with E-state index in [4.69, 9.17) is 11.6 Å². The van der Waals surface area contributed by atoms with E-state index in [0.717, 1.165) is 11.3 Å². The predicted molar refractivity (Wildman–Crippen MR) is 82.7 cm³/mol. The van der Waals surface area contributed by atoms with Crippen molar-refractivity contribution < 1.29 is 4.79 Å². The van der Waals surface area contributed by atoms with Gasteiger partial charge in [0.15, 0.2) is 0 Å². The van der Waals surface area contributed by atoms with E-state index in [9.17, 15) is 4.79 Å². The molecule has 0 atom stereocenters. The first-order valence-electron chi connectivity index (χ1n) is 6.18. The summed E-state index contributed by atoms with van der Waals surface area (Å²) in [5.74, 6) is -0.168. The van der Waals surface area contributed by atoms with Crippen LogP contribution in [0.15, 0.2) is 36.5 Å². The highest BCUT2D eigenvalue weighted by Crippen LogP contribution is 2.17. The van der Waals surface area contributed by atoms with Crippen molar-refractivity contribution in [3.05, 3.63) is 52.8 Å². The van der Waals surface area contributed by atoms with E-state index >= 15 is 0 Å². The lowest BCUT2D eigenvalue weighted by Crippen LogP contribution is -2.13. The highest BCUT2D eigenvalue weighted by Gasteiger charge is 2.07. The van der Waals surface area contributed by atoms with Gasteiger partial charge in [0.05, 0.1) is 11.9 Å². The molecule has 0 unspecified atom stereocenters. The fourth-order valence-corrected chi connectivity index (χ4v) is 1.84. The number of amides is 1. The maximum atomic E-state index is 12.1. The minimum absolute atomic E-state index is 0.168. The predicted octanol–water partition coefficient (Wildman–Crippen LogP) is 3.36. The molecule has 1 N–H and O–H groups in total. The van der Waals surface area contributed by atoms with Gasteiger partial charge in [0.1, 0.15) is 5.15 Å². The molecule has 1 aromatic heterocycles. The molecule has 0 saturated heterocycles.